The minimum absolute atomic E-state index is 0.113. The van der Waals surface area contributed by atoms with Crippen LogP contribution in [-0.4, -0.2) is 18.4 Å². The number of rotatable bonds is 5. The van der Waals surface area contributed by atoms with Crippen LogP contribution >= 0.6 is 23.2 Å². The number of carbonyl (C=O) groups excluding carboxylic acids is 2. The quantitative estimate of drug-likeness (QED) is 0.467. The van der Waals surface area contributed by atoms with E-state index in [0.717, 1.165) is 6.42 Å². The molecule has 0 unspecified atom stereocenters. The van der Waals surface area contributed by atoms with Crippen molar-refractivity contribution in [3.05, 3.63) is 74.1 Å². The third-order valence-corrected chi connectivity index (χ3v) is 4.44. The van der Waals surface area contributed by atoms with Gasteiger partial charge in [0.2, 0.25) is 0 Å². The summed E-state index contributed by atoms with van der Waals surface area (Å²) in [6.07, 6.45) is 0.841. The van der Waals surface area contributed by atoms with Gasteiger partial charge in [0.15, 0.2) is 0 Å². The van der Waals surface area contributed by atoms with Gasteiger partial charge in [-0.15, -0.1) is 0 Å². The number of carbonyl (C=O) groups is 2. The van der Waals surface area contributed by atoms with Crippen molar-refractivity contribution in [3.8, 4) is 5.75 Å². The molecule has 0 aliphatic rings. The number of amides is 2. The van der Waals surface area contributed by atoms with Crippen LogP contribution in [0.3, 0.4) is 0 Å². The van der Waals surface area contributed by atoms with Gasteiger partial charge in [-0.2, -0.15) is 0 Å². The number of nitrogens with one attached hydrogen (secondary N) is 2. The third-order valence-electron chi connectivity index (χ3n) is 3.89. The van der Waals surface area contributed by atoms with Crippen molar-refractivity contribution in [2.45, 2.75) is 13.3 Å². The van der Waals surface area contributed by atoms with Gasteiger partial charge in [-0.25, -0.2) is 4.79 Å². The highest BCUT2D eigenvalue weighted by Gasteiger charge is 2.16. The topological polar surface area (TPSA) is 97.6 Å². The number of hydrogen-bond acceptors (Lipinski definition) is 5. The Morgan fingerprint density at radius 1 is 1.00 bits per heavy atom. The lowest BCUT2D eigenvalue weighted by atomic mass is 10.1. The number of ether oxygens (including phenoxy) is 1. The van der Waals surface area contributed by atoms with E-state index in [-0.39, 0.29) is 21.7 Å². The lowest BCUT2D eigenvalue weighted by Gasteiger charge is -2.09. The summed E-state index contributed by atoms with van der Waals surface area (Å²) in [6.45, 7) is 2.51. The number of fused-ring (bicyclic) bond motifs is 1. The largest absolute Gasteiger partial charge is 0.493 e. The zero-order valence-corrected chi connectivity index (χ0v) is 16.8. The number of halogens is 2. The SMILES string of the molecule is CCCOc1ccc2cc(C(=O)NNC(=O)c3ccc(Cl)cc3Cl)c(=O)oc2c1. The molecule has 0 aliphatic carbocycles. The first kappa shape index (κ1) is 20.7. The van der Waals surface area contributed by atoms with Gasteiger partial charge in [0.1, 0.15) is 16.9 Å². The Labute approximate surface area is 175 Å². The maximum absolute atomic E-state index is 12.3. The molecule has 1 heterocycles. The van der Waals surface area contributed by atoms with Crippen LogP contribution in [-0.2, 0) is 0 Å². The molecule has 29 heavy (non-hydrogen) atoms. The van der Waals surface area contributed by atoms with Crippen molar-refractivity contribution in [2.24, 2.45) is 0 Å². The van der Waals surface area contributed by atoms with Crippen molar-refractivity contribution in [2.75, 3.05) is 6.61 Å². The molecule has 150 valence electrons. The molecule has 0 saturated carbocycles. The van der Waals surface area contributed by atoms with Gasteiger partial charge in [-0.05, 0) is 42.8 Å². The van der Waals surface area contributed by atoms with Crippen LogP contribution < -0.4 is 21.2 Å². The second kappa shape index (κ2) is 8.98. The van der Waals surface area contributed by atoms with E-state index in [1.165, 1.54) is 24.3 Å². The van der Waals surface area contributed by atoms with Crippen molar-refractivity contribution in [1.82, 2.24) is 10.9 Å². The number of hydrazine groups is 1. The summed E-state index contributed by atoms with van der Waals surface area (Å²) in [5, 5.41) is 1.02. The minimum Gasteiger partial charge on any atom is -0.493 e. The van der Waals surface area contributed by atoms with E-state index >= 15 is 0 Å². The Hall–Kier alpha value is -3.03. The highest BCUT2D eigenvalue weighted by atomic mass is 35.5. The molecule has 3 rings (SSSR count). The van der Waals surface area contributed by atoms with E-state index < -0.39 is 17.4 Å². The Morgan fingerprint density at radius 3 is 2.41 bits per heavy atom. The lowest BCUT2D eigenvalue weighted by molar-refractivity contribution is 0.0844. The van der Waals surface area contributed by atoms with E-state index in [9.17, 15) is 14.4 Å². The Balaban J connectivity index is 1.75. The fourth-order valence-corrected chi connectivity index (χ4v) is 2.98. The van der Waals surface area contributed by atoms with Crippen molar-refractivity contribution < 1.29 is 18.7 Å². The van der Waals surface area contributed by atoms with Crippen molar-refractivity contribution >= 4 is 46.0 Å². The molecule has 0 spiro atoms. The van der Waals surface area contributed by atoms with E-state index in [1.807, 2.05) is 6.92 Å². The van der Waals surface area contributed by atoms with Crippen molar-refractivity contribution in [3.63, 3.8) is 0 Å². The van der Waals surface area contributed by atoms with E-state index in [4.69, 9.17) is 32.4 Å². The van der Waals surface area contributed by atoms with Crippen LogP contribution in [0.5, 0.6) is 5.75 Å². The second-order valence-electron chi connectivity index (χ2n) is 6.03. The molecular formula is C20H16Cl2N2O5. The molecule has 2 amide bonds. The van der Waals surface area contributed by atoms with Gasteiger partial charge >= 0.3 is 5.63 Å². The normalized spacial score (nSPS) is 10.6. The van der Waals surface area contributed by atoms with Gasteiger partial charge in [0, 0.05) is 16.5 Å². The Kier molecular flexibility index (Phi) is 6.41. The molecule has 0 fully saturated rings. The minimum atomic E-state index is -0.846. The molecule has 0 aliphatic heterocycles. The fraction of sp³-hybridized carbons (Fsp3) is 0.150. The molecule has 2 N–H and O–H groups in total. The van der Waals surface area contributed by atoms with Crippen LogP contribution in [0.2, 0.25) is 10.0 Å². The van der Waals surface area contributed by atoms with Crippen LogP contribution in [0.25, 0.3) is 11.0 Å². The third kappa shape index (κ3) is 4.88. The molecule has 9 heteroatoms. The Morgan fingerprint density at radius 2 is 1.72 bits per heavy atom. The second-order valence-corrected chi connectivity index (χ2v) is 6.87. The molecule has 0 bridgehead atoms. The molecule has 0 saturated heterocycles. The van der Waals surface area contributed by atoms with Crippen LogP contribution in [0.4, 0.5) is 0 Å². The molecule has 0 atom stereocenters. The van der Waals surface area contributed by atoms with Gasteiger partial charge in [0.05, 0.1) is 17.2 Å². The average molecular weight is 435 g/mol. The van der Waals surface area contributed by atoms with Gasteiger partial charge in [-0.3, -0.25) is 20.4 Å². The molecule has 3 aromatic rings. The summed E-state index contributed by atoms with van der Waals surface area (Å²) in [5.41, 5.74) is 3.66. The zero-order valence-electron chi connectivity index (χ0n) is 15.3. The van der Waals surface area contributed by atoms with Crippen LogP contribution in [0.1, 0.15) is 34.1 Å². The highest BCUT2D eigenvalue weighted by molar-refractivity contribution is 6.36. The average Bonchev–Trinajstić information content (AvgIpc) is 2.69. The molecular weight excluding hydrogens is 419 g/mol. The first-order chi connectivity index (χ1) is 13.9. The molecule has 7 nitrogen and oxygen atoms in total. The molecule has 1 aromatic heterocycles. The van der Waals surface area contributed by atoms with Gasteiger partial charge in [0.25, 0.3) is 11.8 Å². The summed E-state index contributed by atoms with van der Waals surface area (Å²) < 4.78 is 10.7. The van der Waals surface area contributed by atoms with E-state index in [0.29, 0.717) is 22.8 Å². The number of benzene rings is 2. The predicted molar refractivity (Wildman–Crippen MR) is 110 cm³/mol. The monoisotopic (exact) mass is 434 g/mol. The fourth-order valence-electron chi connectivity index (χ4n) is 2.48. The van der Waals surface area contributed by atoms with Crippen LogP contribution in [0, 0.1) is 0 Å². The van der Waals surface area contributed by atoms with Crippen molar-refractivity contribution in [1.29, 1.82) is 0 Å². The first-order valence-electron chi connectivity index (χ1n) is 8.65. The maximum atomic E-state index is 12.3. The predicted octanol–water partition coefficient (Wildman–Crippen LogP) is 3.96. The zero-order chi connectivity index (χ0) is 21.0. The summed E-state index contributed by atoms with van der Waals surface area (Å²) in [4.78, 5) is 36.7. The Bertz CT molecular complexity index is 1140. The molecule has 2 aromatic carbocycles. The van der Waals surface area contributed by atoms with E-state index in [2.05, 4.69) is 10.9 Å². The standard InChI is InChI=1S/C20H16Cl2N2O5/c1-2-7-28-13-5-3-11-8-15(20(27)29-17(11)10-13)19(26)24-23-18(25)14-6-4-12(21)9-16(14)22/h3-6,8-10H,2,7H2,1H3,(H,23,25)(H,24,26). The van der Waals surface area contributed by atoms with E-state index in [1.54, 1.807) is 18.2 Å². The lowest BCUT2D eigenvalue weighted by Crippen LogP contribution is -2.43. The van der Waals surface area contributed by atoms with Gasteiger partial charge in [-0.1, -0.05) is 30.1 Å². The maximum Gasteiger partial charge on any atom is 0.349 e. The first-order valence-corrected chi connectivity index (χ1v) is 9.41. The van der Waals surface area contributed by atoms with Gasteiger partial charge < -0.3 is 9.15 Å². The smallest absolute Gasteiger partial charge is 0.349 e. The molecule has 0 radical (unpaired) electrons. The summed E-state index contributed by atoms with van der Waals surface area (Å²) in [6, 6.07) is 10.6. The summed E-state index contributed by atoms with van der Waals surface area (Å²) in [7, 11) is 0. The summed E-state index contributed by atoms with van der Waals surface area (Å²) >= 11 is 11.7. The number of hydrogen-bond donors (Lipinski definition) is 2. The van der Waals surface area contributed by atoms with Crippen LogP contribution in [0.15, 0.2) is 51.7 Å². The summed E-state index contributed by atoms with van der Waals surface area (Å²) in [5.74, 6) is -0.930. The highest BCUT2D eigenvalue weighted by Crippen LogP contribution is 2.22.